The highest BCUT2D eigenvalue weighted by Gasteiger charge is 2.17. The van der Waals surface area contributed by atoms with Crippen LogP contribution in [0.3, 0.4) is 0 Å². The smallest absolute Gasteiger partial charge is 0.265 e. The van der Waals surface area contributed by atoms with Crippen LogP contribution in [0.15, 0.2) is 48.5 Å². The van der Waals surface area contributed by atoms with Crippen molar-refractivity contribution in [2.24, 2.45) is 0 Å². The van der Waals surface area contributed by atoms with E-state index < -0.39 is 6.10 Å². The minimum Gasteiger partial charge on any atom is -0.479 e. The van der Waals surface area contributed by atoms with Gasteiger partial charge in [0.05, 0.1) is 5.02 Å². The average molecular weight is 310 g/mol. The summed E-state index contributed by atoms with van der Waals surface area (Å²) in [6.07, 6.45) is -0.689. The van der Waals surface area contributed by atoms with E-state index in [-0.39, 0.29) is 5.91 Å². The van der Waals surface area contributed by atoms with Crippen LogP contribution >= 0.6 is 23.2 Å². The molecule has 1 atom stereocenters. The maximum atomic E-state index is 12.0. The molecule has 0 aliphatic rings. The Bertz CT molecular complexity index is 602. The number of halogens is 2. The van der Waals surface area contributed by atoms with Crippen molar-refractivity contribution in [1.29, 1.82) is 0 Å². The topological polar surface area (TPSA) is 38.3 Å². The zero-order chi connectivity index (χ0) is 14.5. The van der Waals surface area contributed by atoms with Gasteiger partial charge in [-0.1, -0.05) is 47.5 Å². The zero-order valence-electron chi connectivity index (χ0n) is 10.8. The normalized spacial score (nSPS) is 11.8. The number of amides is 1. The van der Waals surface area contributed by atoms with Crippen molar-refractivity contribution in [2.75, 3.05) is 5.32 Å². The molecule has 0 radical (unpaired) electrons. The molecule has 0 heterocycles. The number of carbonyl (C=O) groups excluding carboxylic acids is 1. The van der Waals surface area contributed by atoms with Crippen LogP contribution in [0.4, 0.5) is 5.69 Å². The summed E-state index contributed by atoms with van der Waals surface area (Å²) >= 11 is 11.9. The number of ether oxygens (including phenoxy) is 1. The Morgan fingerprint density at radius 1 is 1.10 bits per heavy atom. The average Bonchev–Trinajstić information content (AvgIpc) is 2.45. The fraction of sp³-hybridized carbons (Fsp3) is 0.133. The number of rotatable bonds is 4. The molecule has 104 valence electrons. The molecule has 0 aliphatic heterocycles. The summed E-state index contributed by atoms with van der Waals surface area (Å²) in [5, 5.41) is 3.44. The standard InChI is InChI=1S/C15H13Cl2NO2/c1-10(15(19)18-11-6-3-2-4-7-11)20-13-9-5-8-12(16)14(13)17/h2-10H,1H3,(H,18,19). The monoisotopic (exact) mass is 309 g/mol. The molecule has 2 aromatic rings. The fourth-order valence-electron chi connectivity index (χ4n) is 1.58. The lowest BCUT2D eigenvalue weighted by atomic mass is 10.3. The summed E-state index contributed by atoms with van der Waals surface area (Å²) in [6.45, 7) is 1.65. The molecule has 0 saturated carbocycles. The minimum atomic E-state index is -0.689. The molecular formula is C15H13Cl2NO2. The molecule has 1 N–H and O–H groups in total. The molecule has 20 heavy (non-hydrogen) atoms. The minimum absolute atomic E-state index is 0.257. The van der Waals surface area contributed by atoms with Crippen molar-refractivity contribution in [3.05, 3.63) is 58.6 Å². The van der Waals surface area contributed by atoms with E-state index in [0.29, 0.717) is 21.5 Å². The van der Waals surface area contributed by atoms with Gasteiger partial charge in [-0.3, -0.25) is 4.79 Å². The van der Waals surface area contributed by atoms with E-state index in [1.54, 1.807) is 37.3 Å². The van der Waals surface area contributed by atoms with E-state index in [9.17, 15) is 4.79 Å². The van der Waals surface area contributed by atoms with Crippen LogP contribution in [0.25, 0.3) is 0 Å². The predicted octanol–water partition coefficient (Wildman–Crippen LogP) is 4.40. The van der Waals surface area contributed by atoms with Crippen molar-refractivity contribution < 1.29 is 9.53 Å². The molecular weight excluding hydrogens is 297 g/mol. The van der Waals surface area contributed by atoms with Gasteiger partial charge in [-0.2, -0.15) is 0 Å². The number of hydrogen-bond acceptors (Lipinski definition) is 2. The second-order valence-electron chi connectivity index (χ2n) is 4.17. The molecule has 1 amide bonds. The molecule has 0 spiro atoms. The first-order chi connectivity index (χ1) is 9.58. The Kier molecular flexibility index (Phi) is 4.88. The largest absolute Gasteiger partial charge is 0.479 e. The van der Waals surface area contributed by atoms with Crippen LogP contribution in [0, 0.1) is 0 Å². The summed E-state index contributed by atoms with van der Waals surface area (Å²) in [6, 6.07) is 14.2. The third kappa shape index (κ3) is 3.65. The van der Waals surface area contributed by atoms with Gasteiger partial charge in [0, 0.05) is 5.69 Å². The van der Waals surface area contributed by atoms with Gasteiger partial charge >= 0.3 is 0 Å². The highest BCUT2D eigenvalue weighted by atomic mass is 35.5. The predicted molar refractivity (Wildman–Crippen MR) is 81.6 cm³/mol. The zero-order valence-corrected chi connectivity index (χ0v) is 12.3. The number of para-hydroxylation sites is 1. The van der Waals surface area contributed by atoms with Crippen molar-refractivity contribution in [3.63, 3.8) is 0 Å². The van der Waals surface area contributed by atoms with Crippen LogP contribution in [-0.4, -0.2) is 12.0 Å². The lowest BCUT2D eigenvalue weighted by Crippen LogP contribution is -2.30. The summed E-state index contributed by atoms with van der Waals surface area (Å²) in [5.74, 6) is 0.127. The molecule has 0 aromatic heterocycles. The first-order valence-electron chi connectivity index (χ1n) is 6.04. The molecule has 0 fully saturated rings. The van der Waals surface area contributed by atoms with Gasteiger partial charge in [0.15, 0.2) is 6.10 Å². The number of hydrogen-bond donors (Lipinski definition) is 1. The second-order valence-corrected chi connectivity index (χ2v) is 4.95. The summed E-state index contributed by atoms with van der Waals surface area (Å²) < 4.78 is 5.53. The van der Waals surface area contributed by atoms with Crippen molar-refractivity contribution in [2.45, 2.75) is 13.0 Å². The van der Waals surface area contributed by atoms with Crippen LogP contribution in [0.2, 0.25) is 10.0 Å². The molecule has 2 rings (SSSR count). The summed E-state index contributed by atoms with van der Waals surface area (Å²) in [7, 11) is 0. The molecule has 3 nitrogen and oxygen atoms in total. The van der Waals surface area contributed by atoms with E-state index in [0.717, 1.165) is 0 Å². The Balaban J connectivity index is 2.03. The maximum Gasteiger partial charge on any atom is 0.265 e. The number of carbonyl (C=O) groups is 1. The Hall–Kier alpha value is -1.71. The second kappa shape index (κ2) is 6.64. The van der Waals surface area contributed by atoms with Gasteiger partial charge in [0.2, 0.25) is 0 Å². The Morgan fingerprint density at radius 3 is 2.50 bits per heavy atom. The molecule has 0 saturated heterocycles. The highest BCUT2D eigenvalue weighted by molar-refractivity contribution is 6.42. The first-order valence-corrected chi connectivity index (χ1v) is 6.80. The lowest BCUT2D eigenvalue weighted by Gasteiger charge is -2.16. The van der Waals surface area contributed by atoms with Gasteiger partial charge in [-0.25, -0.2) is 0 Å². The molecule has 0 aliphatic carbocycles. The molecule has 2 aromatic carbocycles. The third-order valence-electron chi connectivity index (χ3n) is 2.63. The van der Waals surface area contributed by atoms with Crippen molar-refractivity contribution >= 4 is 34.8 Å². The fourth-order valence-corrected chi connectivity index (χ4v) is 1.92. The van der Waals surface area contributed by atoms with Gasteiger partial charge in [0.1, 0.15) is 10.8 Å². The molecule has 1 unspecified atom stereocenters. The summed E-state index contributed by atoms with van der Waals surface area (Å²) in [4.78, 5) is 12.0. The Morgan fingerprint density at radius 2 is 1.80 bits per heavy atom. The van der Waals surface area contributed by atoms with Gasteiger partial charge in [0.25, 0.3) is 5.91 Å². The maximum absolute atomic E-state index is 12.0. The van der Waals surface area contributed by atoms with Gasteiger partial charge in [-0.15, -0.1) is 0 Å². The van der Waals surface area contributed by atoms with E-state index in [1.165, 1.54) is 0 Å². The van der Waals surface area contributed by atoms with Gasteiger partial charge < -0.3 is 10.1 Å². The van der Waals surface area contributed by atoms with Crippen LogP contribution in [0.5, 0.6) is 5.75 Å². The molecule has 0 bridgehead atoms. The lowest BCUT2D eigenvalue weighted by molar-refractivity contribution is -0.122. The van der Waals surface area contributed by atoms with Gasteiger partial charge in [-0.05, 0) is 31.2 Å². The Labute approximate surface area is 127 Å². The highest BCUT2D eigenvalue weighted by Crippen LogP contribution is 2.32. The number of benzene rings is 2. The van der Waals surface area contributed by atoms with E-state index >= 15 is 0 Å². The van der Waals surface area contributed by atoms with Crippen LogP contribution in [-0.2, 0) is 4.79 Å². The quantitative estimate of drug-likeness (QED) is 0.909. The van der Waals surface area contributed by atoms with Crippen LogP contribution in [0.1, 0.15) is 6.92 Å². The van der Waals surface area contributed by atoms with Crippen molar-refractivity contribution in [3.8, 4) is 5.75 Å². The number of nitrogens with one attached hydrogen (secondary N) is 1. The molecule has 5 heteroatoms. The number of anilines is 1. The van der Waals surface area contributed by atoms with E-state index in [2.05, 4.69) is 5.32 Å². The van der Waals surface area contributed by atoms with Crippen LogP contribution < -0.4 is 10.1 Å². The van der Waals surface area contributed by atoms with E-state index in [1.807, 2.05) is 18.2 Å². The summed E-state index contributed by atoms with van der Waals surface area (Å²) in [5.41, 5.74) is 0.713. The first kappa shape index (κ1) is 14.7. The SMILES string of the molecule is CC(Oc1cccc(Cl)c1Cl)C(=O)Nc1ccccc1. The third-order valence-corrected chi connectivity index (χ3v) is 3.43. The van der Waals surface area contributed by atoms with E-state index in [4.69, 9.17) is 27.9 Å². The van der Waals surface area contributed by atoms with Crippen molar-refractivity contribution in [1.82, 2.24) is 0 Å².